The lowest BCUT2D eigenvalue weighted by atomic mass is 10.2. The summed E-state index contributed by atoms with van der Waals surface area (Å²) in [5, 5.41) is 9.08. The Kier molecular flexibility index (Phi) is 1.59. The van der Waals surface area contributed by atoms with Gasteiger partial charge in [-0.1, -0.05) is 30.3 Å². The molecule has 1 aromatic heterocycles. The smallest absolute Gasteiger partial charge is 0.133 e. The van der Waals surface area contributed by atoms with Crippen molar-refractivity contribution in [1.82, 2.24) is 4.98 Å². The fourth-order valence-electron chi connectivity index (χ4n) is 1.17. The van der Waals surface area contributed by atoms with Crippen LogP contribution in [0.4, 0.5) is 0 Å². The number of benzene rings is 1. The summed E-state index contributed by atoms with van der Waals surface area (Å²) in [5.74, 6) is 0.272. The largest absolute Gasteiger partial charge is 0.506 e. The summed E-state index contributed by atoms with van der Waals surface area (Å²) in [6.07, 6.45) is 1.57. The average Bonchev–Trinajstić information content (AvgIpc) is 2.54. The zero-order chi connectivity index (χ0) is 8.39. The number of hydrogen-bond donors (Lipinski definition) is 2. The van der Waals surface area contributed by atoms with E-state index in [9.17, 15) is 0 Å². The fourth-order valence-corrected chi connectivity index (χ4v) is 1.17. The van der Waals surface area contributed by atoms with Crippen molar-refractivity contribution in [2.75, 3.05) is 0 Å². The molecule has 0 atom stereocenters. The van der Waals surface area contributed by atoms with Crippen LogP contribution >= 0.6 is 0 Å². The monoisotopic (exact) mass is 159 g/mol. The van der Waals surface area contributed by atoms with E-state index < -0.39 is 0 Å². The molecule has 2 heteroatoms. The Hall–Kier alpha value is -1.70. The lowest BCUT2D eigenvalue weighted by Gasteiger charge is -1.94. The summed E-state index contributed by atoms with van der Waals surface area (Å²) in [5.41, 5.74) is 2.02. The van der Waals surface area contributed by atoms with Crippen LogP contribution in [-0.2, 0) is 0 Å². The molecule has 2 nitrogen and oxygen atoms in total. The van der Waals surface area contributed by atoms with Crippen LogP contribution in [0.2, 0.25) is 0 Å². The number of rotatable bonds is 1. The number of H-pyrrole nitrogens is 1. The first-order chi connectivity index (χ1) is 5.86. The highest BCUT2D eigenvalue weighted by Crippen LogP contribution is 2.21. The van der Waals surface area contributed by atoms with Gasteiger partial charge in [0.2, 0.25) is 0 Å². The van der Waals surface area contributed by atoms with Crippen molar-refractivity contribution in [2.45, 2.75) is 0 Å². The molecule has 2 N–H and O–H groups in total. The van der Waals surface area contributed by atoms with Crippen molar-refractivity contribution >= 4 is 0 Å². The highest BCUT2D eigenvalue weighted by Gasteiger charge is 1.98. The minimum atomic E-state index is 0.272. The first kappa shape index (κ1) is 6.98. The van der Waals surface area contributed by atoms with Gasteiger partial charge in [0.25, 0.3) is 0 Å². The predicted molar refractivity (Wildman–Crippen MR) is 47.9 cm³/mol. The maximum absolute atomic E-state index is 9.08. The van der Waals surface area contributed by atoms with E-state index in [4.69, 9.17) is 5.11 Å². The second-order valence-corrected chi connectivity index (χ2v) is 2.64. The van der Waals surface area contributed by atoms with Crippen LogP contribution in [0, 0.1) is 0 Å². The lowest BCUT2D eigenvalue weighted by molar-refractivity contribution is 0.476. The average molecular weight is 159 g/mol. The molecule has 0 bridgehead atoms. The third kappa shape index (κ3) is 1.19. The third-order valence-electron chi connectivity index (χ3n) is 1.75. The Bertz CT molecular complexity index is 364. The molecule has 0 spiro atoms. The Balaban J connectivity index is 2.45. The number of aromatic hydroxyl groups is 1. The standard InChI is InChI=1S/C10H9NO/c12-9-6-10(11-7-9)8-4-2-1-3-5-8/h1-7,11-12H. The minimum absolute atomic E-state index is 0.272. The highest BCUT2D eigenvalue weighted by molar-refractivity contribution is 5.60. The third-order valence-corrected chi connectivity index (χ3v) is 1.75. The molecule has 1 heterocycles. The van der Waals surface area contributed by atoms with Crippen LogP contribution in [0.1, 0.15) is 0 Å². The Morgan fingerprint density at radius 3 is 2.42 bits per heavy atom. The van der Waals surface area contributed by atoms with E-state index in [0.29, 0.717) is 0 Å². The fraction of sp³-hybridized carbons (Fsp3) is 0. The highest BCUT2D eigenvalue weighted by atomic mass is 16.3. The summed E-state index contributed by atoms with van der Waals surface area (Å²) in [6.45, 7) is 0. The zero-order valence-corrected chi connectivity index (χ0v) is 6.49. The van der Waals surface area contributed by atoms with Gasteiger partial charge < -0.3 is 10.1 Å². The van der Waals surface area contributed by atoms with Crippen LogP contribution in [0.3, 0.4) is 0 Å². The summed E-state index contributed by atoms with van der Waals surface area (Å²) in [6, 6.07) is 11.6. The molecule has 0 aliphatic rings. The van der Waals surface area contributed by atoms with Crippen LogP contribution < -0.4 is 0 Å². The van der Waals surface area contributed by atoms with Gasteiger partial charge in [-0.3, -0.25) is 0 Å². The van der Waals surface area contributed by atoms with Gasteiger partial charge in [0.1, 0.15) is 5.75 Å². The molecule has 60 valence electrons. The van der Waals surface area contributed by atoms with Crippen molar-refractivity contribution < 1.29 is 5.11 Å². The molecular formula is C10H9NO. The molecule has 0 aliphatic heterocycles. The summed E-state index contributed by atoms with van der Waals surface area (Å²) in [7, 11) is 0. The Morgan fingerprint density at radius 2 is 1.83 bits per heavy atom. The summed E-state index contributed by atoms with van der Waals surface area (Å²) >= 11 is 0. The molecule has 1 aromatic carbocycles. The van der Waals surface area contributed by atoms with Gasteiger partial charge in [0, 0.05) is 18.0 Å². The van der Waals surface area contributed by atoms with Gasteiger partial charge in [0.05, 0.1) is 0 Å². The number of nitrogens with one attached hydrogen (secondary N) is 1. The second kappa shape index (κ2) is 2.74. The van der Waals surface area contributed by atoms with E-state index in [1.165, 1.54) is 0 Å². The van der Waals surface area contributed by atoms with E-state index >= 15 is 0 Å². The van der Waals surface area contributed by atoms with E-state index in [1.54, 1.807) is 12.3 Å². The topological polar surface area (TPSA) is 36.0 Å². The van der Waals surface area contributed by atoms with Crippen LogP contribution in [0.25, 0.3) is 11.3 Å². The van der Waals surface area contributed by atoms with Gasteiger partial charge in [-0.15, -0.1) is 0 Å². The predicted octanol–water partition coefficient (Wildman–Crippen LogP) is 2.39. The maximum atomic E-state index is 9.08. The van der Waals surface area contributed by atoms with Gasteiger partial charge in [-0.05, 0) is 5.56 Å². The number of aromatic nitrogens is 1. The van der Waals surface area contributed by atoms with Gasteiger partial charge >= 0.3 is 0 Å². The molecular weight excluding hydrogens is 150 g/mol. The molecule has 0 aliphatic carbocycles. The summed E-state index contributed by atoms with van der Waals surface area (Å²) in [4.78, 5) is 2.97. The van der Waals surface area contributed by atoms with Crippen LogP contribution in [0.5, 0.6) is 5.75 Å². The maximum Gasteiger partial charge on any atom is 0.133 e. The van der Waals surface area contributed by atoms with Crippen LogP contribution in [-0.4, -0.2) is 10.1 Å². The first-order valence-electron chi connectivity index (χ1n) is 3.79. The molecule has 0 saturated carbocycles. The second-order valence-electron chi connectivity index (χ2n) is 2.64. The summed E-state index contributed by atoms with van der Waals surface area (Å²) < 4.78 is 0. The number of aromatic amines is 1. The molecule has 12 heavy (non-hydrogen) atoms. The van der Waals surface area contributed by atoms with Crippen molar-refractivity contribution in [1.29, 1.82) is 0 Å². The van der Waals surface area contributed by atoms with Gasteiger partial charge in [-0.2, -0.15) is 0 Å². The molecule has 0 unspecified atom stereocenters. The first-order valence-corrected chi connectivity index (χ1v) is 3.79. The van der Waals surface area contributed by atoms with Crippen molar-refractivity contribution in [3.05, 3.63) is 42.6 Å². The van der Waals surface area contributed by atoms with Crippen LogP contribution in [0.15, 0.2) is 42.6 Å². The van der Waals surface area contributed by atoms with Gasteiger partial charge in [-0.25, -0.2) is 0 Å². The SMILES string of the molecule is Oc1c[nH]c(-c2ccccc2)c1. The molecule has 0 radical (unpaired) electrons. The van der Waals surface area contributed by atoms with Crippen molar-refractivity contribution in [3.63, 3.8) is 0 Å². The minimum Gasteiger partial charge on any atom is -0.506 e. The molecule has 2 aromatic rings. The van der Waals surface area contributed by atoms with E-state index in [0.717, 1.165) is 11.3 Å². The molecule has 0 amide bonds. The molecule has 0 fully saturated rings. The Morgan fingerprint density at radius 1 is 1.08 bits per heavy atom. The van der Waals surface area contributed by atoms with E-state index in [1.807, 2.05) is 30.3 Å². The lowest BCUT2D eigenvalue weighted by Crippen LogP contribution is -1.73. The Labute approximate surface area is 70.5 Å². The van der Waals surface area contributed by atoms with Crippen molar-refractivity contribution in [3.8, 4) is 17.0 Å². The van der Waals surface area contributed by atoms with E-state index in [2.05, 4.69) is 4.98 Å². The van der Waals surface area contributed by atoms with Gasteiger partial charge in [0.15, 0.2) is 0 Å². The molecule has 2 rings (SSSR count). The zero-order valence-electron chi connectivity index (χ0n) is 6.49. The normalized spacial score (nSPS) is 10.0. The molecule has 0 saturated heterocycles. The quantitative estimate of drug-likeness (QED) is 0.658. The number of hydrogen-bond acceptors (Lipinski definition) is 1. The van der Waals surface area contributed by atoms with E-state index in [-0.39, 0.29) is 5.75 Å². The van der Waals surface area contributed by atoms with Crippen molar-refractivity contribution in [2.24, 2.45) is 0 Å².